The molecule has 22 heavy (non-hydrogen) atoms. The van der Waals surface area contributed by atoms with Crippen molar-refractivity contribution in [2.75, 3.05) is 12.3 Å². The fraction of sp³-hybridized carbons (Fsp3) is 0.333. The summed E-state index contributed by atoms with van der Waals surface area (Å²) < 4.78 is 5.87. The van der Waals surface area contributed by atoms with Gasteiger partial charge in [-0.15, -0.1) is 0 Å². The zero-order valence-electron chi connectivity index (χ0n) is 12.9. The predicted molar refractivity (Wildman–Crippen MR) is 89.6 cm³/mol. The van der Waals surface area contributed by atoms with Crippen LogP contribution in [-0.2, 0) is 6.42 Å². The van der Waals surface area contributed by atoms with Crippen LogP contribution >= 0.6 is 0 Å². The van der Waals surface area contributed by atoms with Crippen molar-refractivity contribution in [3.05, 3.63) is 59.7 Å². The van der Waals surface area contributed by atoms with Gasteiger partial charge in [0.1, 0.15) is 12.4 Å². The van der Waals surface area contributed by atoms with Crippen molar-refractivity contribution in [3.63, 3.8) is 0 Å². The lowest BCUT2D eigenvalue weighted by molar-refractivity contribution is 0.272. The summed E-state index contributed by atoms with van der Waals surface area (Å²) in [6.45, 7) is 2.81. The maximum absolute atomic E-state index is 5.87. The summed E-state index contributed by atoms with van der Waals surface area (Å²) in [5.41, 5.74) is 15.7. The van der Waals surface area contributed by atoms with Crippen LogP contribution in [0.15, 0.2) is 48.5 Å². The first-order chi connectivity index (χ1) is 10.7. The van der Waals surface area contributed by atoms with Crippen molar-refractivity contribution in [3.8, 4) is 5.75 Å². The molecule has 116 valence electrons. The normalized spacial score (nSPS) is 21.0. The SMILES string of the molecule is CCc1ccc(OCC2CC(c3ccc(N)cc3)NN2)cc1. The minimum absolute atomic E-state index is 0.299. The van der Waals surface area contributed by atoms with E-state index in [0.29, 0.717) is 18.7 Å². The number of hydrogen-bond acceptors (Lipinski definition) is 4. The van der Waals surface area contributed by atoms with E-state index >= 15 is 0 Å². The van der Waals surface area contributed by atoms with Crippen LogP contribution in [0.5, 0.6) is 5.75 Å². The van der Waals surface area contributed by atoms with E-state index < -0.39 is 0 Å². The molecule has 1 aliphatic heterocycles. The lowest BCUT2D eigenvalue weighted by atomic mass is 10.0. The van der Waals surface area contributed by atoms with Crippen molar-refractivity contribution in [1.29, 1.82) is 0 Å². The van der Waals surface area contributed by atoms with Gasteiger partial charge in [0, 0.05) is 11.7 Å². The Morgan fingerprint density at radius 2 is 1.77 bits per heavy atom. The second kappa shape index (κ2) is 6.81. The summed E-state index contributed by atoms with van der Waals surface area (Å²) in [5.74, 6) is 0.926. The van der Waals surface area contributed by atoms with E-state index in [1.54, 1.807) is 0 Å². The largest absolute Gasteiger partial charge is 0.492 e. The van der Waals surface area contributed by atoms with E-state index in [1.807, 2.05) is 24.3 Å². The quantitative estimate of drug-likeness (QED) is 0.743. The Labute approximate surface area is 131 Å². The number of anilines is 1. The highest BCUT2D eigenvalue weighted by molar-refractivity contribution is 5.40. The third-order valence-corrected chi connectivity index (χ3v) is 4.10. The van der Waals surface area contributed by atoms with Gasteiger partial charge < -0.3 is 10.5 Å². The molecule has 2 aromatic rings. The molecule has 0 spiro atoms. The first-order valence-electron chi connectivity index (χ1n) is 7.83. The monoisotopic (exact) mass is 297 g/mol. The van der Waals surface area contributed by atoms with Crippen LogP contribution in [0.1, 0.15) is 30.5 Å². The third-order valence-electron chi connectivity index (χ3n) is 4.10. The van der Waals surface area contributed by atoms with Gasteiger partial charge in [0.25, 0.3) is 0 Å². The molecule has 0 bridgehead atoms. The smallest absolute Gasteiger partial charge is 0.119 e. The molecule has 0 amide bonds. The van der Waals surface area contributed by atoms with Crippen molar-refractivity contribution < 1.29 is 4.74 Å². The lowest BCUT2D eigenvalue weighted by Crippen LogP contribution is -2.34. The number of hydrogen-bond donors (Lipinski definition) is 3. The minimum Gasteiger partial charge on any atom is -0.492 e. The van der Waals surface area contributed by atoms with E-state index in [-0.39, 0.29) is 0 Å². The highest BCUT2D eigenvalue weighted by Crippen LogP contribution is 2.23. The van der Waals surface area contributed by atoms with Gasteiger partial charge in [0.05, 0.1) is 6.04 Å². The topological polar surface area (TPSA) is 59.3 Å². The molecule has 0 aliphatic carbocycles. The minimum atomic E-state index is 0.299. The molecule has 0 saturated carbocycles. The lowest BCUT2D eigenvalue weighted by Gasteiger charge is -2.12. The highest BCUT2D eigenvalue weighted by Gasteiger charge is 2.25. The fourth-order valence-corrected chi connectivity index (χ4v) is 2.70. The molecule has 2 aromatic carbocycles. The van der Waals surface area contributed by atoms with Gasteiger partial charge in [-0.3, -0.25) is 5.43 Å². The molecule has 4 heteroatoms. The van der Waals surface area contributed by atoms with Crippen LogP contribution in [0.25, 0.3) is 0 Å². The Bertz CT molecular complexity index is 595. The van der Waals surface area contributed by atoms with Crippen LogP contribution in [-0.4, -0.2) is 12.6 Å². The number of nitrogens with two attached hydrogens (primary N) is 1. The van der Waals surface area contributed by atoms with Gasteiger partial charge in [-0.25, -0.2) is 5.43 Å². The molecule has 4 N–H and O–H groups in total. The molecule has 1 heterocycles. The van der Waals surface area contributed by atoms with Crippen molar-refractivity contribution in [2.45, 2.75) is 31.8 Å². The van der Waals surface area contributed by atoms with Crippen molar-refractivity contribution in [1.82, 2.24) is 10.9 Å². The second-order valence-corrected chi connectivity index (χ2v) is 5.75. The highest BCUT2D eigenvalue weighted by atomic mass is 16.5. The molecular weight excluding hydrogens is 274 g/mol. The zero-order chi connectivity index (χ0) is 15.4. The van der Waals surface area contributed by atoms with E-state index in [4.69, 9.17) is 10.5 Å². The van der Waals surface area contributed by atoms with Gasteiger partial charge in [0.15, 0.2) is 0 Å². The first-order valence-corrected chi connectivity index (χ1v) is 7.83. The van der Waals surface area contributed by atoms with E-state index in [0.717, 1.165) is 24.3 Å². The Balaban J connectivity index is 1.51. The van der Waals surface area contributed by atoms with Gasteiger partial charge in [-0.2, -0.15) is 0 Å². The van der Waals surface area contributed by atoms with Gasteiger partial charge in [-0.1, -0.05) is 31.2 Å². The second-order valence-electron chi connectivity index (χ2n) is 5.75. The Morgan fingerprint density at radius 1 is 1.05 bits per heavy atom. The number of benzene rings is 2. The van der Waals surface area contributed by atoms with Crippen molar-refractivity contribution in [2.24, 2.45) is 0 Å². The molecular formula is C18H23N3O. The van der Waals surface area contributed by atoms with Crippen LogP contribution in [0, 0.1) is 0 Å². The summed E-state index contributed by atoms with van der Waals surface area (Å²) in [4.78, 5) is 0. The maximum atomic E-state index is 5.87. The molecule has 0 aromatic heterocycles. The number of nitrogen functional groups attached to an aromatic ring is 1. The number of nitrogens with one attached hydrogen (secondary N) is 2. The van der Waals surface area contributed by atoms with Crippen LogP contribution < -0.4 is 21.3 Å². The summed E-state index contributed by atoms with van der Waals surface area (Å²) in [7, 11) is 0. The summed E-state index contributed by atoms with van der Waals surface area (Å²) in [6.07, 6.45) is 2.05. The number of hydrazine groups is 1. The number of aryl methyl sites for hydroxylation is 1. The maximum Gasteiger partial charge on any atom is 0.119 e. The fourth-order valence-electron chi connectivity index (χ4n) is 2.70. The Kier molecular flexibility index (Phi) is 4.61. The Morgan fingerprint density at radius 3 is 2.45 bits per heavy atom. The molecule has 1 saturated heterocycles. The van der Waals surface area contributed by atoms with Gasteiger partial charge in [-0.05, 0) is 48.2 Å². The Hall–Kier alpha value is -2.04. The van der Waals surface area contributed by atoms with E-state index in [9.17, 15) is 0 Å². The molecule has 2 atom stereocenters. The van der Waals surface area contributed by atoms with E-state index in [1.165, 1.54) is 11.1 Å². The van der Waals surface area contributed by atoms with Crippen molar-refractivity contribution >= 4 is 5.69 Å². The van der Waals surface area contributed by atoms with Crippen LogP contribution in [0.4, 0.5) is 5.69 Å². The molecule has 4 nitrogen and oxygen atoms in total. The summed E-state index contributed by atoms with van der Waals surface area (Å²) >= 11 is 0. The van der Waals surface area contributed by atoms with E-state index in [2.05, 4.69) is 42.0 Å². The van der Waals surface area contributed by atoms with Crippen LogP contribution in [0.2, 0.25) is 0 Å². The zero-order valence-corrected chi connectivity index (χ0v) is 12.9. The molecule has 1 aliphatic rings. The number of rotatable bonds is 5. The predicted octanol–water partition coefficient (Wildman–Crippen LogP) is 2.82. The molecule has 3 rings (SSSR count). The molecule has 0 radical (unpaired) electrons. The molecule has 2 unspecified atom stereocenters. The number of ether oxygens (including phenoxy) is 1. The average Bonchev–Trinajstić information content (AvgIpc) is 3.03. The summed E-state index contributed by atoms with van der Waals surface area (Å²) in [5, 5.41) is 0. The first kappa shape index (κ1) is 14.9. The van der Waals surface area contributed by atoms with Crippen LogP contribution in [0.3, 0.4) is 0 Å². The summed E-state index contributed by atoms with van der Waals surface area (Å²) in [6, 6.07) is 16.9. The molecule has 1 fully saturated rings. The van der Waals surface area contributed by atoms with Gasteiger partial charge in [0.2, 0.25) is 0 Å². The average molecular weight is 297 g/mol. The standard InChI is InChI=1S/C18H23N3O/c1-2-13-3-9-17(10-4-13)22-12-16-11-18(21-20-16)14-5-7-15(19)8-6-14/h3-10,16,18,20-21H,2,11-12,19H2,1H3. The third kappa shape index (κ3) is 3.59. The van der Waals surface area contributed by atoms with Gasteiger partial charge >= 0.3 is 0 Å².